The topological polar surface area (TPSA) is 95.6 Å². The van der Waals surface area contributed by atoms with Crippen LogP contribution < -0.4 is 11.3 Å². The highest BCUT2D eigenvalue weighted by atomic mass is 16.3. The Labute approximate surface area is 176 Å². The zero-order valence-electron chi connectivity index (χ0n) is 18.6. The maximum absolute atomic E-state index is 11.6. The van der Waals surface area contributed by atoms with Crippen molar-refractivity contribution in [2.45, 2.75) is 97.2 Å². The van der Waals surface area contributed by atoms with Crippen LogP contribution in [-0.4, -0.2) is 28.3 Å². The third-order valence-corrected chi connectivity index (χ3v) is 10.4. The van der Waals surface area contributed by atoms with Crippen molar-refractivity contribution in [3.8, 4) is 0 Å². The Morgan fingerprint density at radius 1 is 1.07 bits per heavy atom. The molecule has 0 aromatic carbocycles. The Balaban J connectivity index is 1.53. The van der Waals surface area contributed by atoms with Crippen molar-refractivity contribution in [2.75, 3.05) is 0 Å². The van der Waals surface area contributed by atoms with Gasteiger partial charge in [-0.25, -0.2) is 5.84 Å². The van der Waals surface area contributed by atoms with Crippen LogP contribution in [0, 0.1) is 46.3 Å². The fraction of sp³-hybridized carbons (Fsp3) is 0.958. The summed E-state index contributed by atoms with van der Waals surface area (Å²) in [6, 6.07) is 0. The van der Waals surface area contributed by atoms with Crippen LogP contribution in [0.5, 0.6) is 0 Å². The van der Waals surface area contributed by atoms with Gasteiger partial charge in [0.1, 0.15) is 0 Å². The minimum Gasteiger partial charge on any atom is -0.393 e. The molecule has 0 aromatic heterocycles. The molecule has 4 fully saturated rings. The molecule has 4 saturated carbocycles. The quantitative estimate of drug-likeness (QED) is 0.327. The lowest BCUT2D eigenvalue weighted by atomic mass is 9.43. The molecule has 5 nitrogen and oxygen atoms in total. The second kappa shape index (κ2) is 7.80. The summed E-state index contributed by atoms with van der Waals surface area (Å²) in [4.78, 5) is 11.6. The third-order valence-electron chi connectivity index (χ3n) is 10.4. The maximum atomic E-state index is 11.6. The largest absolute Gasteiger partial charge is 0.393 e. The molecular weight excluding hydrogens is 364 g/mol. The highest BCUT2D eigenvalue weighted by molar-refractivity contribution is 5.75. The van der Waals surface area contributed by atoms with E-state index in [1.165, 1.54) is 25.7 Å². The Morgan fingerprint density at radius 3 is 2.48 bits per heavy atom. The van der Waals surface area contributed by atoms with Crippen LogP contribution in [0.4, 0.5) is 0 Å². The number of fused-ring (bicyclic) bond motifs is 5. The molecule has 5 heteroatoms. The van der Waals surface area contributed by atoms with Crippen molar-refractivity contribution in [1.82, 2.24) is 5.43 Å². The first-order valence-electron chi connectivity index (χ1n) is 12.1. The molecule has 10 atom stereocenters. The van der Waals surface area contributed by atoms with Crippen molar-refractivity contribution >= 4 is 5.91 Å². The Hall–Kier alpha value is -0.650. The number of nitrogens with two attached hydrogens (primary N) is 1. The SMILES string of the molecule is CC(CCC(=O)NN)C1CCC2C3C(O)CC4CC(O)CCC4(C)C3CCC12C. The van der Waals surface area contributed by atoms with Gasteiger partial charge in [0.05, 0.1) is 12.2 Å². The molecule has 0 spiro atoms. The number of carbonyl (C=O) groups is 1. The minimum absolute atomic E-state index is 0.0681. The van der Waals surface area contributed by atoms with Gasteiger partial charge in [-0.15, -0.1) is 0 Å². The zero-order valence-corrected chi connectivity index (χ0v) is 18.6. The van der Waals surface area contributed by atoms with Gasteiger partial charge in [0.15, 0.2) is 0 Å². The van der Waals surface area contributed by atoms with E-state index in [9.17, 15) is 15.0 Å². The summed E-state index contributed by atoms with van der Waals surface area (Å²) in [5.41, 5.74) is 2.82. The number of carbonyl (C=O) groups excluding carboxylic acids is 1. The fourth-order valence-electron chi connectivity index (χ4n) is 8.81. The van der Waals surface area contributed by atoms with Crippen LogP contribution in [0.2, 0.25) is 0 Å². The molecule has 5 N–H and O–H groups in total. The summed E-state index contributed by atoms with van der Waals surface area (Å²) in [6.45, 7) is 7.26. The van der Waals surface area contributed by atoms with Gasteiger partial charge in [0.25, 0.3) is 0 Å². The predicted molar refractivity (Wildman–Crippen MR) is 113 cm³/mol. The van der Waals surface area contributed by atoms with E-state index in [1.807, 2.05) is 0 Å². The van der Waals surface area contributed by atoms with Crippen molar-refractivity contribution in [3.63, 3.8) is 0 Å². The van der Waals surface area contributed by atoms with E-state index < -0.39 is 0 Å². The summed E-state index contributed by atoms with van der Waals surface area (Å²) < 4.78 is 0. The van der Waals surface area contributed by atoms with Gasteiger partial charge in [-0.3, -0.25) is 10.2 Å². The van der Waals surface area contributed by atoms with Gasteiger partial charge in [-0.2, -0.15) is 0 Å². The second-order valence-corrected chi connectivity index (χ2v) is 11.5. The highest BCUT2D eigenvalue weighted by Gasteiger charge is 2.62. The van der Waals surface area contributed by atoms with Crippen LogP contribution in [-0.2, 0) is 4.79 Å². The fourth-order valence-corrected chi connectivity index (χ4v) is 8.81. The standard InChI is InChI=1S/C24H42N2O3/c1-14(4-7-21(29)26-25)17-5-6-18-22-19(9-11-24(17,18)3)23(2)10-8-16(27)12-15(23)13-20(22)28/h14-20,22,27-28H,4-13,25H2,1-3H3,(H,26,29). The number of hydrogen-bond donors (Lipinski definition) is 4. The molecule has 0 aliphatic heterocycles. The predicted octanol–water partition coefficient (Wildman–Crippen LogP) is 3.38. The molecule has 0 heterocycles. The van der Waals surface area contributed by atoms with Gasteiger partial charge >= 0.3 is 0 Å². The molecule has 0 radical (unpaired) electrons. The van der Waals surface area contributed by atoms with E-state index in [1.54, 1.807) is 0 Å². The van der Waals surface area contributed by atoms with Crippen LogP contribution in [0.1, 0.15) is 85.0 Å². The molecule has 29 heavy (non-hydrogen) atoms. The number of hydrogen-bond acceptors (Lipinski definition) is 4. The Kier molecular flexibility index (Phi) is 5.80. The molecule has 0 saturated heterocycles. The maximum Gasteiger partial charge on any atom is 0.233 e. The third kappa shape index (κ3) is 3.45. The molecule has 4 aliphatic rings. The lowest BCUT2D eigenvalue weighted by Crippen LogP contribution is -2.58. The van der Waals surface area contributed by atoms with E-state index in [4.69, 9.17) is 5.84 Å². The van der Waals surface area contributed by atoms with Crippen molar-refractivity contribution in [3.05, 3.63) is 0 Å². The van der Waals surface area contributed by atoms with Gasteiger partial charge in [-0.1, -0.05) is 20.8 Å². The molecule has 10 unspecified atom stereocenters. The summed E-state index contributed by atoms with van der Waals surface area (Å²) in [7, 11) is 0. The smallest absolute Gasteiger partial charge is 0.233 e. The van der Waals surface area contributed by atoms with Gasteiger partial charge in [0, 0.05) is 6.42 Å². The van der Waals surface area contributed by atoms with Crippen LogP contribution in [0.3, 0.4) is 0 Å². The van der Waals surface area contributed by atoms with Gasteiger partial charge in [0.2, 0.25) is 5.91 Å². The first-order valence-corrected chi connectivity index (χ1v) is 12.1. The first-order chi connectivity index (χ1) is 13.7. The van der Waals surface area contributed by atoms with E-state index in [0.717, 1.165) is 32.1 Å². The lowest BCUT2D eigenvalue weighted by molar-refractivity contribution is -0.174. The highest BCUT2D eigenvalue weighted by Crippen LogP contribution is 2.68. The van der Waals surface area contributed by atoms with Crippen LogP contribution in [0.25, 0.3) is 0 Å². The summed E-state index contributed by atoms with van der Waals surface area (Å²) in [5.74, 6) is 8.40. The lowest BCUT2D eigenvalue weighted by Gasteiger charge is -2.62. The molecule has 0 bridgehead atoms. The number of hydrazine groups is 1. The van der Waals surface area contributed by atoms with E-state index in [0.29, 0.717) is 41.9 Å². The van der Waals surface area contributed by atoms with Crippen LogP contribution in [0.15, 0.2) is 0 Å². The van der Waals surface area contributed by atoms with Crippen molar-refractivity contribution < 1.29 is 15.0 Å². The number of rotatable bonds is 4. The second-order valence-electron chi connectivity index (χ2n) is 11.5. The van der Waals surface area contributed by atoms with Gasteiger partial charge < -0.3 is 10.2 Å². The van der Waals surface area contributed by atoms with E-state index in [-0.39, 0.29) is 28.9 Å². The molecule has 4 aliphatic carbocycles. The Morgan fingerprint density at radius 2 is 1.76 bits per heavy atom. The number of amides is 1. The molecule has 1 amide bonds. The molecule has 4 rings (SSSR count). The normalized spacial score (nSPS) is 50.2. The van der Waals surface area contributed by atoms with E-state index >= 15 is 0 Å². The van der Waals surface area contributed by atoms with Crippen LogP contribution >= 0.6 is 0 Å². The average Bonchev–Trinajstić information content (AvgIpc) is 3.04. The first kappa shape index (κ1) is 21.6. The Bertz CT molecular complexity index is 627. The summed E-state index contributed by atoms with van der Waals surface area (Å²) >= 11 is 0. The van der Waals surface area contributed by atoms with Crippen molar-refractivity contribution in [1.29, 1.82) is 0 Å². The van der Waals surface area contributed by atoms with E-state index in [2.05, 4.69) is 26.2 Å². The minimum atomic E-state index is -0.218. The number of aliphatic hydroxyl groups excluding tert-OH is 2. The molecule has 166 valence electrons. The zero-order chi connectivity index (χ0) is 21.0. The van der Waals surface area contributed by atoms with Crippen molar-refractivity contribution in [2.24, 2.45) is 52.2 Å². The monoisotopic (exact) mass is 406 g/mol. The molecule has 0 aromatic rings. The molecular formula is C24H42N2O3. The number of aliphatic hydroxyl groups is 2. The van der Waals surface area contributed by atoms with Gasteiger partial charge in [-0.05, 0) is 104 Å². The summed E-state index contributed by atoms with van der Waals surface area (Å²) in [5, 5.41) is 21.5. The number of nitrogens with one attached hydrogen (secondary N) is 1. The average molecular weight is 407 g/mol. The summed E-state index contributed by atoms with van der Waals surface area (Å²) in [6.07, 6.45) is 9.70.